The fourth-order valence-corrected chi connectivity index (χ4v) is 6.49. The fourth-order valence-electron chi connectivity index (χ4n) is 6.49. The minimum absolute atomic E-state index is 0.248. The lowest BCUT2D eigenvalue weighted by atomic mass is 9.96. The van der Waals surface area contributed by atoms with Gasteiger partial charge in [-0.3, -0.25) is 4.98 Å². The molecule has 5 heteroatoms. The molecule has 0 aliphatic carbocycles. The van der Waals surface area contributed by atoms with Crippen LogP contribution in [0.25, 0.3) is 55.1 Å². The Morgan fingerprint density at radius 3 is 2.13 bits per heavy atom. The number of pyridine rings is 1. The average Bonchev–Trinajstić information content (AvgIpc) is 3.53. The third-order valence-electron chi connectivity index (χ3n) is 8.80. The van der Waals surface area contributed by atoms with Crippen LogP contribution in [0.15, 0.2) is 172 Å². The van der Waals surface area contributed by atoms with E-state index in [9.17, 15) is 0 Å². The molecule has 1 atom stereocenters. The van der Waals surface area contributed by atoms with Crippen molar-refractivity contribution in [3.63, 3.8) is 0 Å². The fraction of sp³-hybridized carbons (Fsp3) is 0.0238. The molecule has 1 aliphatic heterocycles. The summed E-state index contributed by atoms with van der Waals surface area (Å²) in [5.41, 5.74) is 8.91. The topological polar surface area (TPSA) is 62.8 Å². The average molecular weight is 605 g/mol. The monoisotopic (exact) mass is 604 g/mol. The lowest BCUT2D eigenvalue weighted by Crippen LogP contribution is -2.33. The van der Waals surface area contributed by atoms with Crippen molar-refractivity contribution < 1.29 is 4.42 Å². The molecule has 0 spiro atoms. The summed E-state index contributed by atoms with van der Waals surface area (Å²) in [5.74, 6) is 1.48. The lowest BCUT2D eigenvalue weighted by Gasteiger charge is -2.23. The summed E-state index contributed by atoms with van der Waals surface area (Å²) in [6.07, 6.45) is 1.57. The van der Waals surface area contributed by atoms with Gasteiger partial charge in [0.1, 0.15) is 23.2 Å². The number of rotatable bonds is 5. The van der Waals surface area contributed by atoms with Crippen LogP contribution >= 0.6 is 0 Å². The zero-order valence-electron chi connectivity index (χ0n) is 25.3. The highest BCUT2D eigenvalue weighted by Crippen LogP contribution is 2.38. The molecule has 1 aliphatic rings. The maximum atomic E-state index is 6.34. The number of amidine groups is 2. The lowest BCUT2D eigenvalue weighted by molar-refractivity contribution is 0.668. The van der Waals surface area contributed by atoms with Crippen LogP contribution in [-0.2, 0) is 0 Å². The molecule has 8 aromatic rings. The number of nitrogens with zero attached hydrogens (tertiary/aromatic N) is 3. The summed E-state index contributed by atoms with van der Waals surface area (Å²) >= 11 is 0. The highest BCUT2D eigenvalue weighted by molar-refractivity contribution is 6.14. The van der Waals surface area contributed by atoms with Gasteiger partial charge in [0.05, 0.1) is 11.1 Å². The van der Waals surface area contributed by atoms with E-state index in [4.69, 9.17) is 19.4 Å². The summed E-state index contributed by atoms with van der Waals surface area (Å²) in [6.45, 7) is 0. The molecule has 3 heterocycles. The predicted molar refractivity (Wildman–Crippen MR) is 192 cm³/mol. The highest BCUT2D eigenvalue weighted by Gasteiger charge is 2.21. The van der Waals surface area contributed by atoms with Gasteiger partial charge in [-0.2, -0.15) is 0 Å². The summed E-state index contributed by atoms with van der Waals surface area (Å²) in [5, 5.41) is 8.02. The van der Waals surface area contributed by atoms with Gasteiger partial charge in [0.15, 0.2) is 5.84 Å². The second kappa shape index (κ2) is 11.2. The molecule has 0 saturated carbocycles. The van der Waals surface area contributed by atoms with Crippen molar-refractivity contribution in [2.45, 2.75) is 6.17 Å². The maximum Gasteiger partial charge on any atom is 0.159 e. The first-order valence-corrected chi connectivity index (χ1v) is 15.7. The number of nitrogens with one attached hydrogen (secondary N) is 1. The van der Waals surface area contributed by atoms with E-state index in [2.05, 4.69) is 115 Å². The molecule has 0 saturated heterocycles. The van der Waals surface area contributed by atoms with Crippen LogP contribution in [0.3, 0.4) is 0 Å². The Hall–Kier alpha value is -6.33. The van der Waals surface area contributed by atoms with E-state index in [1.54, 1.807) is 0 Å². The van der Waals surface area contributed by atoms with Gasteiger partial charge in [0, 0.05) is 28.3 Å². The summed E-state index contributed by atoms with van der Waals surface area (Å²) in [7, 11) is 0. The van der Waals surface area contributed by atoms with Crippen LogP contribution in [0.2, 0.25) is 0 Å². The van der Waals surface area contributed by atoms with Crippen LogP contribution in [0.5, 0.6) is 0 Å². The molecule has 222 valence electrons. The molecular formula is C42H28N4O. The van der Waals surface area contributed by atoms with E-state index < -0.39 is 0 Å². The molecule has 0 radical (unpaired) electrons. The largest absolute Gasteiger partial charge is 0.456 e. The van der Waals surface area contributed by atoms with Gasteiger partial charge in [-0.05, 0) is 45.7 Å². The van der Waals surface area contributed by atoms with Crippen LogP contribution in [0, 0.1) is 0 Å². The number of furan rings is 1. The second-order valence-corrected chi connectivity index (χ2v) is 11.7. The molecule has 6 aromatic carbocycles. The van der Waals surface area contributed by atoms with E-state index in [0.717, 1.165) is 61.3 Å². The normalized spacial score (nSPS) is 14.6. The van der Waals surface area contributed by atoms with Crippen molar-refractivity contribution in [3.8, 4) is 22.4 Å². The molecule has 0 fully saturated rings. The van der Waals surface area contributed by atoms with Crippen molar-refractivity contribution in [1.82, 2.24) is 10.3 Å². The molecule has 2 aromatic heterocycles. The molecule has 0 amide bonds. The van der Waals surface area contributed by atoms with Gasteiger partial charge in [-0.25, -0.2) is 9.98 Å². The van der Waals surface area contributed by atoms with Crippen molar-refractivity contribution in [1.29, 1.82) is 0 Å². The predicted octanol–water partition coefficient (Wildman–Crippen LogP) is 9.96. The Bertz CT molecular complexity index is 2470. The zero-order chi connectivity index (χ0) is 31.2. The van der Waals surface area contributed by atoms with Gasteiger partial charge in [0.25, 0.3) is 0 Å². The third kappa shape index (κ3) is 4.86. The Kier molecular flexibility index (Phi) is 6.46. The Labute approximate surface area is 271 Å². The van der Waals surface area contributed by atoms with E-state index in [-0.39, 0.29) is 6.17 Å². The van der Waals surface area contributed by atoms with Crippen molar-refractivity contribution in [3.05, 3.63) is 175 Å². The first-order valence-electron chi connectivity index (χ1n) is 15.7. The first-order chi connectivity index (χ1) is 23.3. The van der Waals surface area contributed by atoms with Crippen molar-refractivity contribution in [2.24, 2.45) is 9.98 Å². The summed E-state index contributed by atoms with van der Waals surface area (Å²) < 4.78 is 6.34. The highest BCUT2D eigenvalue weighted by atomic mass is 16.3. The van der Waals surface area contributed by atoms with E-state index in [1.165, 1.54) is 16.3 Å². The molecule has 1 N–H and O–H groups in total. The van der Waals surface area contributed by atoms with Crippen LogP contribution in [0.4, 0.5) is 0 Å². The standard InChI is InChI=1S/C42H28N4O/c1-3-11-29(12-4-1)40-44-41(30-13-5-2-6-14-30)46-42(45-40)31-20-18-28(19-21-31)39-38-35-26-32(22-23-36(35)47-37(38)24-25-43-39)34-17-9-15-27-10-7-8-16-33(27)34/h1-26,40H,(H,44,45,46). The van der Waals surface area contributed by atoms with Gasteiger partial charge in [0.2, 0.25) is 0 Å². The zero-order valence-corrected chi connectivity index (χ0v) is 25.3. The number of hydrogen-bond acceptors (Lipinski definition) is 5. The second-order valence-electron chi connectivity index (χ2n) is 11.7. The first kappa shape index (κ1) is 27.0. The van der Waals surface area contributed by atoms with Gasteiger partial charge < -0.3 is 9.73 Å². The molecule has 47 heavy (non-hydrogen) atoms. The molecule has 1 unspecified atom stereocenters. The Morgan fingerprint density at radius 1 is 0.553 bits per heavy atom. The molecule has 9 rings (SSSR count). The molecule has 0 bridgehead atoms. The van der Waals surface area contributed by atoms with Gasteiger partial charge in [-0.1, -0.05) is 133 Å². The van der Waals surface area contributed by atoms with Crippen LogP contribution in [0.1, 0.15) is 22.9 Å². The number of aliphatic imine (C=N–C) groups is 2. The Morgan fingerprint density at radius 2 is 1.28 bits per heavy atom. The minimum atomic E-state index is -0.248. The van der Waals surface area contributed by atoms with Crippen LogP contribution < -0.4 is 5.32 Å². The number of aromatic nitrogens is 1. The summed E-state index contributed by atoms with van der Waals surface area (Å²) in [4.78, 5) is 14.9. The van der Waals surface area contributed by atoms with Crippen molar-refractivity contribution in [2.75, 3.05) is 0 Å². The number of hydrogen-bond donors (Lipinski definition) is 1. The van der Waals surface area contributed by atoms with Crippen LogP contribution in [-0.4, -0.2) is 16.7 Å². The quantitative estimate of drug-likeness (QED) is 0.213. The minimum Gasteiger partial charge on any atom is -0.456 e. The van der Waals surface area contributed by atoms with E-state index >= 15 is 0 Å². The van der Waals surface area contributed by atoms with E-state index in [0.29, 0.717) is 5.84 Å². The van der Waals surface area contributed by atoms with Crippen molar-refractivity contribution >= 4 is 44.4 Å². The molecular weight excluding hydrogens is 576 g/mol. The van der Waals surface area contributed by atoms with E-state index in [1.807, 2.05) is 48.7 Å². The number of fused-ring (bicyclic) bond motifs is 4. The van der Waals surface area contributed by atoms with Gasteiger partial charge >= 0.3 is 0 Å². The smallest absolute Gasteiger partial charge is 0.159 e. The maximum absolute atomic E-state index is 6.34. The molecule has 5 nitrogen and oxygen atoms in total. The van der Waals surface area contributed by atoms with Gasteiger partial charge in [-0.15, -0.1) is 0 Å². The number of benzene rings is 6. The summed E-state index contributed by atoms with van der Waals surface area (Å²) in [6, 6.07) is 52.1. The Balaban J connectivity index is 1.13. The SMILES string of the molecule is c1ccc(C2=NC(c3ccc(-c4nccc5oc6ccc(-c7cccc8ccccc78)cc6c45)cc3)=NC(c3ccccc3)N2)cc1. The third-order valence-corrected chi connectivity index (χ3v) is 8.80.